The first-order valence-corrected chi connectivity index (χ1v) is 7.18. The number of amides is 1. The molecule has 0 bridgehead atoms. The number of hydrogen-bond acceptors (Lipinski definition) is 7. The summed E-state index contributed by atoms with van der Waals surface area (Å²) in [7, 11) is 1.51. The molecular formula is C16H19N5O3. The van der Waals surface area contributed by atoms with Crippen LogP contribution in [0.5, 0.6) is 11.5 Å². The topological polar surface area (TPSA) is 112 Å². The van der Waals surface area contributed by atoms with E-state index in [9.17, 15) is 4.79 Å². The largest absolute Gasteiger partial charge is 0.493 e. The van der Waals surface area contributed by atoms with Gasteiger partial charge in [0.05, 0.1) is 13.3 Å². The maximum absolute atomic E-state index is 10.8. The van der Waals surface area contributed by atoms with Gasteiger partial charge in [-0.2, -0.15) is 5.10 Å². The van der Waals surface area contributed by atoms with E-state index in [1.807, 2.05) is 19.9 Å². The highest BCUT2D eigenvalue weighted by atomic mass is 16.5. The number of nitrogens with zero attached hydrogens (tertiary/aromatic N) is 3. The zero-order chi connectivity index (χ0) is 17.5. The summed E-state index contributed by atoms with van der Waals surface area (Å²) in [6.07, 6.45) is 1.60. The lowest BCUT2D eigenvalue weighted by atomic mass is 10.2. The van der Waals surface area contributed by atoms with Crippen LogP contribution in [0.3, 0.4) is 0 Å². The van der Waals surface area contributed by atoms with E-state index in [2.05, 4.69) is 20.5 Å². The number of rotatable bonds is 7. The van der Waals surface area contributed by atoms with Crippen molar-refractivity contribution in [1.82, 2.24) is 9.97 Å². The predicted molar refractivity (Wildman–Crippen MR) is 90.4 cm³/mol. The third kappa shape index (κ3) is 4.94. The fourth-order valence-corrected chi connectivity index (χ4v) is 1.97. The van der Waals surface area contributed by atoms with Crippen LogP contribution < -0.4 is 20.6 Å². The molecule has 0 saturated carbocycles. The number of hydrogen-bond donors (Lipinski definition) is 2. The summed E-state index contributed by atoms with van der Waals surface area (Å²) in [6, 6.07) is 7.05. The van der Waals surface area contributed by atoms with Gasteiger partial charge in [-0.3, -0.25) is 4.79 Å². The third-order valence-electron chi connectivity index (χ3n) is 2.92. The summed E-state index contributed by atoms with van der Waals surface area (Å²) in [5.74, 6) is 0.777. The molecule has 1 aromatic carbocycles. The van der Waals surface area contributed by atoms with Crippen molar-refractivity contribution in [3.8, 4) is 11.5 Å². The minimum absolute atomic E-state index is 0.213. The molecule has 126 valence electrons. The van der Waals surface area contributed by atoms with Gasteiger partial charge >= 0.3 is 0 Å². The number of aromatic nitrogens is 2. The van der Waals surface area contributed by atoms with E-state index < -0.39 is 5.91 Å². The summed E-state index contributed by atoms with van der Waals surface area (Å²) in [4.78, 5) is 19.2. The lowest BCUT2D eigenvalue weighted by Crippen LogP contribution is -2.20. The van der Waals surface area contributed by atoms with Crippen LogP contribution in [0.15, 0.2) is 29.4 Å². The van der Waals surface area contributed by atoms with E-state index in [0.29, 0.717) is 17.4 Å². The van der Waals surface area contributed by atoms with Crippen molar-refractivity contribution < 1.29 is 14.3 Å². The number of nitrogens with one attached hydrogen (secondary N) is 1. The molecule has 0 aliphatic heterocycles. The van der Waals surface area contributed by atoms with E-state index >= 15 is 0 Å². The van der Waals surface area contributed by atoms with E-state index in [1.165, 1.54) is 7.11 Å². The molecule has 1 aromatic heterocycles. The van der Waals surface area contributed by atoms with Crippen molar-refractivity contribution in [2.75, 3.05) is 19.1 Å². The second kappa shape index (κ2) is 7.91. The smallest absolute Gasteiger partial charge is 0.255 e. The minimum atomic E-state index is -0.555. The maximum atomic E-state index is 10.8. The zero-order valence-electron chi connectivity index (χ0n) is 13.7. The van der Waals surface area contributed by atoms with E-state index in [-0.39, 0.29) is 6.61 Å². The molecule has 2 rings (SSSR count). The molecule has 0 saturated heterocycles. The van der Waals surface area contributed by atoms with Crippen molar-refractivity contribution >= 4 is 18.1 Å². The van der Waals surface area contributed by atoms with E-state index in [4.69, 9.17) is 15.2 Å². The van der Waals surface area contributed by atoms with Gasteiger partial charge in [0, 0.05) is 11.4 Å². The van der Waals surface area contributed by atoms with Crippen LogP contribution in [0.4, 0.5) is 5.95 Å². The molecule has 8 nitrogen and oxygen atoms in total. The number of nitrogens with two attached hydrogens (primary N) is 1. The van der Waals surface area contributed by atoms with Gasteiger partial charge in [-0.1, -0.05) is 0 Å². The lowest BCUT2D eigenvalue weighted by molar-refractivity contribution is -0.119. The number of methoxy groups -OCH3 is 1. The molecule has 1 heterocycles. The number of carbonyl (C=O) groups excluding carboxylic acids is 1. The van der Waals surface area contributed by atoms with Crippen molar-refractivity contribution in [1.29, 1.82) is 0 Å². The normalized spacial score (nSPS) is 10.6. The second-order valence-corrected chi connectivity index (χ2v) is 5.01. The fraction of sp³-hybridized carbons (Fsp3) is 0.250. The lowest BCUT2D eigenvalue weighted by Gasteiger charge is -2.09. The highest BCUT2D eigenvalue weighted by Crippen LogP contribution is 2.27. The second-order valence-electron chi connectivity index (χ2n) is 5.01. The summed E-state index contributed by atoms with van der Waals surface area (Å²) >= 11 is 0. The average molecular weight is 329 g/mol. The Bertz CT molecular complexity index is 741. The fourth-order valence-electron chi connectivity index (χ4n) is 1.97. The Morgan fingerprint density at radius 1 is 1.25 bits per heavy atom. The highest BCUT2D eigenvalue weighted by molar-refractivity contribution is 5.81. The summed E-state index contributed by atoms with van der Waals surface area (Å²) < 4.78 is 10.5. The SMILES string of the molecule is COc1cc(/C=N/Nc2nc(C)cc(C)n2)ccc1OCC(N)=O. The Morgan fingerprint density at radius 3 is 2.58 bits per heavy atom. The van der Waals surface area contributed by atoms with Gasteiger partial charge in [0.25, 0.3) is 5.91 Å². The Morgan fingerprint density at radius 2 is 1.96 bits per heavy atom. The standard InChI is InChI=1S/C16H19N5O3/c1-10-6-11(2)20-16(19-10)21-18-8-12-4-5-13(14(7-12)23-3)24-9-15(17)22/h4-8H,9H2,1-3H3,(H2,17,22)(H,19,20,21)/b18-8+. The van der Waals surface area contributed by atoms with Crippen LogP contribution in [-0.2, 0) is 4.79 Å². The van der Waals surface area contributed by atoms with Gasteiger partial charge in [-0.25, -0.2) is 15.4 Å². The number of primary amides is 1. The van der Waals surface area contributed by atoms with Crippen LogP contribution in [0.2, 0.25) is 0 Å². The van der Waals surface area contributed by atoms with Crippen molar-refractivity contribution in [3.63, 3.8) is 0 Å². The van der Waals surface area contributed by atoms with Crippen LogP contribution in [0, 0.1) is 13.8 Å². The molecule has 0 aliphatic rings. The van der Waals surface area contributed by atoms with Crippen molar-refractivity contribution in [2.24, 2.45) is 10.8 Å². The Kier molecular flexibility index (Phi) is 5.67. The molecule has 2 aromatic rings. The van der Waals surface area contributed by atoms with Gasteiger partial charge in [-0.15, -0.1) is 0 Å². The van der Waals surface area contributed by atoms with Crippen molar-refractivity contribution in [3.05, 3.63) is 41.2 Å². The molecule has 1 amide bonds. The van der Waals surface area contributed by atoms with Crippen LogP contribution in [0.1, 0.15) is 17.0 Å². The van der Waals surface area contributed by atoms with Gasteiger partial charge < -0.3 is 15.2 Å². The van der Waals surface area contributed by atoms with Crippen LogP contribution >= 0.6 is 0 Å². The molecule has 0 spiro atoms. The number of carbonyl (C=O) groups is 1. The maximum Gasteiger partial charge on any atom is 0.255 e. The number of benzene rings is 1. The first-order valence-electron chi connectivity index (χ1n) is 7.18. The number of ether oxygens (including phenoxy) is 2. The molecule has 24 heavy (non-hydrogen) atoms. The van der Waals surface area contributed by atoms with Crippen LogP contribution in [0.25, 0.3) is 0 Å². The summed E-state index contributed by atoms with van der Waals surface area (Å²) in [6.45, 7) is 3.56. The molecular weight excluding hydrogens is 310 g/mol. The van der Waals surface area contributed by atoms with Crippen LogP contribution in [-0.4, -0.2) is 35.8 Å². The van der Waals surface area contributed by atoms with Gasteiger partial charge in [0.15, 0.2) is 18.1 Å². The molecule has 0 atom stereocenters. The third-order valence-corrected chi connectivity index (χ3v) is 2.92. The summed E-state index contributed by atoms with van der Waals surface area (Å²) in [5.41, 5.74) is 10.3. The van der Waals surface area contributed by atoms with Gasteiger partial charge in [0.2, 0.25) is 5.95 Å². The molecule has 8 heteroatoms. The number of anilines is 1. The first-order chi connectivity index (χ1) is 11.5. The minimum Gasteiger partial charge on any atom is -0.493 e. The molecule has 0 radical (unpaired) electrons. The molecule has 3 N–H and O–H groups in total. The van der Waals surface area contributed by atoms with Gasteiger partial charge in [-0.05, 0) is 43.7 Å². The van der Waals surface area contributed by atoms with E-state index in [0.717, 1.165) is 17.0 Å². The Hall–Kier alpha value is -3.16. The monoisotopic (exact) mass is 329 g/mol. The predicted octanol–water partition coefficient (Wildman–Crippen LogP) is 1.41. The first kappa shape index (κ1) is 17.2. The quantitative estimate of drug-likeness (QED) is 0.587. The number of aryl methyl sites for hydroxylation is 2. The average Bonchev–Trinajstić information content (AvgIpc) is 2.52. The zero-order valence-corrected chi connectivity index (χ0v) is 13.7. The molecule has 0 unspecified atom stereocenters. The van der Waals surface area contributed by atoms with E-state index in [1.54, 1.807) is 24.4 Å². The molecule has 0 fully saturated rings. The Balaban J connectivity index is 2.07. The highest BCUT2D eigenvalue weighted by Gasteiger charge is 2.06. The van der Waals surface area contributed by atoms with Gasteiger partial charge in [0.1, 0.15) is 0 Å². The van der Waals surface area contributed by atoms with Crippen molar-refractivity contribution in [2.45, 2.75) is 13.8 Å². The molecule has 0 aliphatic carbocycles. The summed E-state index contributed by atoms with van der Waals surface area (Å²) in [5, 5.41) is 4.10. The number of hydrazone groups is 1. The Labute approximate surface area is 139 Å².